The molecule has 3 atom stereocenters. The molecule has 0 radical (unpaired) electrons. The van der Waals surface area contributed by atoms with Crippen molar-refractivity contribution in [3.8, 4) is 0 Å². The minimum Gasteiger partial charge on any atom is -0.391 e. The van der Waals surface area contributed by atoms with E-state index in [1.165, 1.54) is 231 Å². The van der Waals surface area contributed by atoms with Gasteiger partial charge in [0, 0.05) is 13.0 Å². The van der Waals surface area contributed by atoms with Crippen molar-refractivity contribution in [1.82, 2.24) is 5.32 Å². The van der Waals surface area contributed by atoms with Crippen LogP contribution in [-0.4, -0.2) is 47.8 Å². The SMILES string of the molecule is CCCCCCCCCCCCCCCCCCCCCCCCCCCCCCCCCCC(=O)N[C@@H](COP(=O)(O)OCCN)[C@H](O)CCCCCCCCCCCC. The third-order valence-electron chi connectivity index (χ3n) is 12.7. The van der Waals surface area contributed by atoms with Crippen molar-refractivity contribution in [1.29, 1.82) is 0 Å². The van der Waals surface area contributed by atoms with Gasteiger partial charge in [0.25, 0.3) is 0 Å². The predicted molar refractivity (Wildman–Crippen MR) is 263 cm³/mol. The second kappa shape index (κ2) is 48.9. The van der Waals surface area contributed by atoms with E-state index < -0.39 is 20.0 Å². The normalized spacial score (nSPS) is 13.7. The van der Waals surface area contributed by atoms with Crippen LogP contribution in [0.5, 0.6) is 0 Å². The van der Waals surface area contributed by atoms with Crippen LogP contribution in [0.2, 0.25) is 0 Å². The van der Waals surface area contributed by atoms with Gasteiger partial charge in [0.15, 0.2) is 0 Å². The number of carbonyl (C=O) groups is 1. The topological polar surface area (TPSA) is 131 Å². The maximum absolute atomic E-state index is 12.8. The maximum Gasteiger partial charge on any atom is 0.472 e. The molecule has 366 valence electrons. The molecule has 0 aliphatic carbocycles. The van der Waals surface area contributed by atoms with Gasteiger partial charge in [-0.2, -0.15) is 0 Å². The molecule has 0 aromatic carbocycles. The summed E-state index contributed by atoms with van der Waals surface area (Å²) in [7, 11) is -4.31. The minimum absolute atomic E-state index is 0.0924. The lowest BCUT2D eigenvalue weighted by atomic mass is 10.0. The number of nitrogens with one attached hydrogen (secondary N) is 1. The number of nitrogens with two attached hydrogens (primary N) is 1. The molecule has 61 heavy (non-hydrogen) atoms. The summed E-state index contributed by atoms with van der Waals surface area (Å²) in [5, 5.41) is 13.8. The number of phosphoric acid groups is 1. The van der Waals surface area contributed by atoms with E-state index in [2.05, 4.69) is 19.2 Å². The molecule has 1 unspecified atom stereocenters. The number of aliphatic hydroxyl groups is 1. The van der Waals surface area contributed by atoms with Crippen molar-refractivity contribution < 1.29 is 28.4 Å². The average Bonchev–Trinajstić information content (AvgIpc) is 3.25. The Hall–Kier alpha value is -0.500. The van der Waals surface area contributed by atoms with Gasteiger partial charge in [-0.15, -0.1) is 0 Å². The molecule has 0 fully saturated rings. The molecule has 0 saturated carbocycles. The van der Waals surface area contributed by atoms with E-state index in [4.69, 9.17) is 14.8 Å². The zero-order valence-corrected chi connectivity index (χ0v) is 41.8. The molecule has 9 heteroatoms. The maximum atomic E-state index is 12.8. The van der Waals surface area contributed by atoms with E-state index in [1.807, 2.05) is 0 Å². The number of unbranched alkanes of at least 4 members (excludes halogenated alkanes) is 40. The van der Waals surface area contributed by atoms with Gasteiger partial charge in [-0.1, -0.05) is 277 Å². The Morgan fingerprint density at radius 3 is 1.05 bits per heavy atom. The monoisotopic (exact) mass is 887 g/mol. The summed E-state index contributed by atoms with van der Waals surface area (Å²) in [5.74, 6) is -0.156. The molecule has 1 amide bonds. The molecule has 0 heterocycles. The Balaban J connectivity index is 3.73. The van der Waals surface area contributed by atoms with Gasteiger partial charge in [0.1, 0.15) is 0 Å². The van der Waals surface area contributed by atoms with E-state index in [9.17, 15) is 19.4 Å². The van der Waals surface area contributed by atoms with Crippen molar-refractivity contribution in [3.05, 3.63) is 0 Å². The number of hydrogen-bond acceptors (Lipinski definition) is 6. The zero-order chi connectivity index (χ0) is 44.6. The van der Waals surface area contributed by atoms with Crippen molar-refractivity contribution in [2.45, 2.75) is 309 Å². The molecule has 8 nitrogen and oxygen atoms in total. The van der Waals surface area contributed by atoms with E-state index in [0.717, 1.165) is 38.5 Å². The Labute approximate surface area is 380 Å². The molecule has 0 rings (SSSR count). The second-order valence-corrected chi connectivity index (χ2v) is 20.3. The van der Waals surface area contributed by atoms with Gasteiger partial charge >= 0.3 is 7.82 Å². The molecular weight excluding hydrogens is 780 g/mol. The molecular formula is C52H107N2O6P. The van der Waals surface area contributed by atoms with Crippen LogP contribution in [0.15, 0.2) is 0 Å². The standard InChI is InChI=1S/C52H107N2O6P/c1-3-5-7-9-11-13-15-16-17-18-19-20-21-22-23-24-25-26-27-28-29-30-31-32-33-34-35-36-38-40-42-44-46-52(56)54-50(49-60-61(57,58)59-48-47-53)51(55)45-43-41-39-37-14-12-10-8-6-4-2/h50-51,55H,3-49,53H2,1-2H3,(H,54,56)(H,57,58)/t50-,51+/m0/s1. The first-order valence-electron chi connectivity index (χ1n) is 27.2. The van der Waals surface area contributed by atoms with E-state index in [0.29, 0.717) is 12.8 Å². The Morgan fingerprint density at radius 1 is 0.475 bits per heavy atom. The highest BCUT2D eigenvalue weighted by Gasteiger charge is 2.27. The Morgan fingerprint density at radius 2 is 0.754 bits per heavy atom. The lowest BCUT2D eigenvalue weighted by Crippen LogP contribution is -2.46. The number of carbonyl (C=O) groups excluding carboxylic acids is 1. The summed E-state index contributed by atoms with van der Waals surface area (Å²) in [5.41, 5.74) is 5.39. The quantitative estimate of drug-likeness (QED) is 0.0353. The third kappa shape index (κ3) is 47.3. The number of phosphoric ester groups is 1. The molecule has 0 aromatic rings. The second-order valence-electron chi connectivity index (χ2n) is 18.8. The number of hydrogen-bond donors (Lipinski definition) is 4. The van der Waals surface area contributed by atoms with E-state index in [-0.39, 0.29) is 25.7 Å². The molecule has 0 aliphatic heterocycles. The van der Waals surface area contributed by atoms with Crippen LogP contribution in [0.1, 0.15) is 296 Å². The lowest BCUT2D eigenvalue weighted by molar-refractivity contribution is -0.123. The predicted octanol–water partition coefficient (Wildman–Crippen LogP) is 16.1. The first kappa shape index (κ1) is 60.5. The van der Waals surface area contributed by atoms with Crippen molar-refractivity contribution in [2.75, 3.05) is 19.8 Å². The molecule has 0 aliphatic rings. The number of amides is 1. The van der Waals surface area contributed by atoms with Crippen LogP contribution in [0.25, 0.3) is 0 Å². The summed E-state index contributed by atoms with van der Waals surface area (Å²) in [6.45, 7) is 4.23. The fraction of sp³-hybridized carbons (Fsp3) is 0.981. The number of aliphatic hydroxyl groups excluding tert-OH is 1. The smallest absolute Gasteiger partial charge is 0.391 e. The van der Waals surface area contributed by atoms with Gasteiger partial charge in [0.05, 0.1) is 25.4 Å². The van der Waals surface area contributed by atoms with Crippen LogP contribution in [0, 0.1) is 0 Å². The summed E-state index contributed by atoms with van der Waals surface area (Å²) in [6.07, 6.45) is 56.0. The fourth-order valence-electron chi connectivity index (χ4n) is 8.61. The van der Waals surface area contributed by atoms with Crippen LogP contribution in [-0.2, 0) is 18.4 Å². The summed E-state index contributed by atoms with van der Waals surface area (Å²) < 4.78 is 22.2. The average molecular weight is 887 g/mol. The van der Waals surface area contributed by atoms with Gasteiger partial charge in [-0.3, -0.25) is 13.8 Å². The van der Waals surface area contributed by atoms with Crippen LogP contribution in [0.3, 0.4) is 0 Å². The highest BCUT2D eigenvalue weighted by atomic mass is 31.2. The summed E-state index contributed by atoms with van der Waals surface area (Å²) in [6, 6.07) is -0.767. The van der Waals surface area contributed by atoms with Crippen molar-refractivity contribution in [2.24, 2.45) is 5.73 Å². The Kier molecular flexibility index (Phi) is 48.5. The fourth-order valence-corrected chi connectivity index (χ4v) is 9.37. The third-order valence-corrected chi connectivity index (χ3v) is 13.7. The minimum atomic E-state index is -4.31. The summed E-state index contributed by atoms with van der Waals surface area (Å²) in [4.78, 5) is 22.8. The van der Waals surface area contributed by atoms with Crippen molar-refractivity contribution >= 4 is 13.7 Å². The van der Waals surface area contributed by atoms with Crippen LogP contribution >= 0.6 is 7.82 Å². The number of rotatable bonds is 52. The molecule has 0 spiro atoms. The summed E-state index contributed by atoms with van der Waals surface area (Å²) >= 11 is 0. The molecule has 5 N–H and O–H groups in total. The van der Waals surface area contributed by atoms with Crippen LogP contribution < -0.4 is 11.1 Å². The van der Waals surface area contributed by atoms with Crippen molar-refractivity contribution in [3.63, 3.8) is 0 Å². The first-order valence-corrected chi connectivity index (χ1v) is 28.6. The largest absolute Gasteiger partial charge is 0.472 e. The zero-order valence-electron chi connectivity index (χ0n) is 40.9. The van der Waals surface area contributed by atoms with Gasteiger partial charge in [0.2, 0.25) is 5.91 Å². The molecule has 0 saturated heterocycles. The van der Waals surface area contributed by atoms with E-state index in [1.54, 1.807) is 0 Å². The lowest BCUT2D eigenvalue weighted by Gasteiger charge is -2.25. The van der Waals surface area contributed by atoms with Crippen LogP contribution in [0.4, 0.5) is 0 Å². The van der Waals surface area contributed by atoms with Gasteiger partial charge in [-0.25, -0.2) is 4.57 Å². The Bertz CT molecular complexity index is 926. The van der Waals surface area contributed by atoms with Gasteiger partial charge < -0.3 is 21.1 Å². The highest BCUT2D eigenvalue weighted by Crippen LogP contribution is 2.43. The molecule has 0 aromatic heterocycles. The van der Waals surface area contributed by atoms with E-state index >= 15 is 0 Å². The first-order chi connectivity index (χ1) is 29.9. The van der Waals surface area contributed by atoms with Gasteiger partial charge in [-0.05, 0) is 12.8 Å². The highest BCUT2D eigenvalue weighted by molar-refractivity contribution is 7.47. The molecule has 0 bridgehead atoms.